The van der Waals surface area contributed by atoms with Crippen molar-refractivity contribution >= 4 is 28.3 Å². The average Bonchev–Trinajstić information content (AvgIpc) is 2.89. The molecule has 0 bridgehead atoms. The molecule has 2 aromatic rings. The number of nitrogens with one attached hydrogen (secondary N) is 1. The Labute approximate surface area is 135 Å². The fraction of sp³-hybridized carbons (Fsp3) is 0.267. The molecule has 0 atom stereocenters. The number of halogens is 2. The maximum atomic E-state index is 13.6. The number of nitrogens with zero attached hydrogens (tertiary/aromatic N) is 1. The first-order valence-corrected chi connectivity index (χ1v) is 7.45. The fourth-order valence-electron chi connectivity index (χ4n) is 1.65. The summed E-state index contributed by atoms with van der Waals surface area (Å²) in [6.07, 6.45) is 1.65. The normalized spacial score (nSPS) is 11.3. The van der Waals surface area contributed by atoms with E-state index in [0.29, 0.717) is 10.4 Å². The standard InChI is InChI=1S/C15H14F2N2O3S/c1-15(2,13(21)22)12(20)19-14-18-7-10(23-14)5-8-3-4-9(16)6-11(8)17/h3-4,6-7H,5H2,1-2H3,(H,21,22)(H,18,19,20). The predicted molar refractivity (Wildman–Crippen MR) is 81.3 cm³/mol. The highest BCUT2D eigenvalue weighted by Gasteiger charge is 2.36. The van der Waals surface area contributed by atoms with E-state index >= 15 is 0 Å². The Bertz CT molecular complexity index is 759. The summed E-state index contributed by atoms with van der Waals surface area (Å²) in [5.74, 6) is -3.26. The molecule has 1 aromatic carbocycles. The topological polar surface area (TPSA) is 79.3 Å². The summed E-state index contributed by atoms with van der Waals surface area (Å²) in [7, 11) is 0. The SMILES string of the molecule is CC(C)(C(=O)O)C(=O)Nc1ncc(Cc2ccc(F)cc2F)s1. The number of benzene rings is 1. The third-order valence-electron chi connectivity index (χ3n) is 3.26. The lowest BCUT2D eigenvalue weighted by Crippen LogP contribution is -2.37. The number of hydrogen-bond acceptors (Lipinski definition) is 4. The maximum Gasteiger partial charge on any atom is 0.318 e. The predicted octanol–water partition coefficient (Wildman–Crippen LogP) is 3.06. The number of amides is 1. The number of anilines is 1. The Morgan fingerprint density at radius 2 is 2.04 bits per heavy atom. The van der Waals surface area contributed by atoms with Gasteiger partial charge in [0.1, 0.15) is 17.0 Å². The second kappa shape index (κ2) is 6.41. The third kappa shape index (κ3) is 3.89. The van der Waals surface area contributed by atoms with Crippen molar-refractivity contribution in [3.8, 4) is 0 Å². The fourth-order valence-corrected chi connectivity index (χ4v) is 2.48. The van der Waals surface area contributed by atoms with Gasteiger partial charge in [-0.25, -0.2) is 13.8 Å². The summed E-state index contributed by atoms with van der Waals surface area (Å²) < 4.78 is 26.5. The average molecular weight is 340 g/mol. The van der Waals surface area contributed by atoms with E-state index in [0.717, 1.165) is 23.5 Å². The van der Waals surface area contributed by atoms with Crippen LogP contribution in [0.4, 0.5) is 13.9 Å². The molecule has 0 fully saturated rings. The molecular formula is C15H14F2N2O3S. The van der Waals surface area contributed by atoms with Gasteiger partial charge in [-0.15, -0.1) is 11.3 Å². The van der Waals surface area contributed by atoms with Gasteiger partial charge in [0.25, 0.3) is 0 Å². The first-order valence-electron chi connectivity index (χ1n) is 6.63. The molecule has 8 heteroatoms. The van der Waals surface area contributed by atoms with Gasteiger partial charge in [-0.1, -0.05) is 6.07 Å². The van der Waals surface area contributed by atoms with Crippen molar-refractivity contribution in [3.63, 3.8) is 0 Å². The van der Waals surface area contributed by atoms with Crippen molar-refractivity contribution < 1.29 is 23.5 Å². The van der Waals surface area contributed by atoms with E-state index in [1.165, 1.54) is 26.1 Å². The minimum absolute atomic E-state index is 0.196. The molecular weight excluding hydrogens is 326 g/mol. The minimum atomic E-state index is -1.59. The van der Waals surface area contributed by atoms with Crippen molar-refractivity contribution in [2.24, 2.45) is 5.41 Å². The highest BCUT2D eigenvalue weighted by atomic mass is 32.1. The molecule has 2 N–H and O–H groups in total. The van der Waals surface area contributed by atoms with Crippen LogP contribution in [-0.4, -0.2) is 22.0 Å². The van der Waals surface area contributed by atoms with Crippen molar-refractivity contribution in [3.05, 3.63) is 46.5 Å². The number of carbonyl (C=O) groups excluding carboxylic acids is 1. The summed E-state index contributed by atoms with van der Waals surface area (Å²) in [5, 5.41) is 11.6. The van der Waals surface area contributed by atoms with Crippen LogP contribution in [0.1, 0.15) is 24.3 Å². The molecule has 0 saturated carbocycles. The van der Waals surface area contributed by atoms with E-state index in [4.69, 9.17) is 5.11 Å². The number of carbonyl (C=O) groups is 2. The van der Waals surface area contributed by atoms with Gasteiger partial charge in [0.2, 0.25) is 5.91 Å². The van der Waals surface area contributed by atoms with Crippen LogP contribution < -0.4 is 5.32 Å². The number of hydrogen-bond donors (Lipinski definition) is 2. The zero-order valence-electron chi connectivity index (χ0n) is 12.4. The largest absolute Gasteiger partial charge is 0.480 e. The smallest absolute Gasteiger partial charge is 0.318 e. The third-order valence-corrected chi connectivity index (χ3v) is 4.17. The van der Waals surface area contributed by atoms with Crippen LogP contribution in [-0.2, 0) is 16.0 Å². The number of thiazole rings is 1. The number of carboxylic acids is 1. The van der Waals surface area contributed by atoms with Gasteiger partial charge in [-0.05, 0) is 25.5 Å². The summed E-state index contributed by atoms with van der Waals surface area (Å²) in [5.41, 5.74) is -1.28. The van der Waals surface area contributed by atoms with E-state index in [-0.39, 0.29) is 11.6 Å². The molecule has 5 nitrogen and oxygen atoms in total. The molecule has 0 aliphatic carbocycles. The highest BCUT2D eigenvalue weighted by Crippen LogP contribution is 2.25. The molecule has 2 rings (SSSR count). The molecule has 0 radical (unpaired) electrons. The monoisotopic (exact) mass is 340 g/mol. The summed E-state index contributed by atoms with van der Waals surface area (Å²) in [4.78, 5) is 27.5. The molecule has 1 aromatic heterocycles. The first-order chi connectivity index (χ1) is 10.7. The minimum Gasteiger partial charge on any atom is -0.480 e. The van der Waals surface area contributed by atoms with Crippen LogP contribution >= 0.6 is 11.3 Å². The van der Waals surface area contributed by atoms with E-state index in [1.807, 2.05) is 0 Å². The van der Waals surface area contributed by atoms with Gasteiger partial charge in [0.15, 0.2) is 5.13 Å². The number of aliphatic carboxylic acids is 1. The van der Waals surface area contributed by atoms with Gasteiger partial charge in [-0.3, -0.25) is 9.59 Å². The molecule has 0 aliphatic heterocycles. The first kappa shape index (κ1) is 17.0. The molecule has 23 heavy (non-hydrogen) atoms. The van der Waals surface area contributed by atoms with Crippen molar-refractivity contribution in [2.75, 3.05) is 5.32 Å². The van der Waals surface area contributed by atoms with Gasteiger partial charge >= 0.3 is 5.97 Å². The van der Waals surface area contributed by atoms with Gasteiger partial charge < -0.3 is 10.4 Å². The Kier molecular flexibility index (Phi) is 4.74. The Morgan fingerprint density at radius 1 is 1.35 bits per heavy atom. The van der Waals surface area contributed by atoms with Crippen molar-refractivity contribution in [1.82, 2.24) is 4.98 Å². The van der Waals surface area contributed by atoms with E-state index in [1.54, 1.807) is 0 Å². The van der Waals surface area contributed by atoms with E-state index < -0.39 is 28.9 Å². The van der Waals surface area contributed by atoms with Crippen LogP contribution in [0.2, 0.25) is 0 Å². The Balaban J connectivity index is 2.09. The Morgan fingerprint density at radius 3 is 2.65 bits per heavy atom. The molecule has 1 amide bonds. The van der Waals surface area contributed by atoms with E-state index in [2.05, 4.69) is 10.3 Å². The van der Waals surface area contributed by atoms with Crippen LogP contribution in [0.5, 0.6) is 0 Å². The Hall–Kier alpha value is -2.35. The molecule has 122 valence electrons. The quantitative estimate of drug-likeness (QED) is 0.820. The zero-order valence-corrected chi connectivity index (χ0v) is 13.2. The second-order valence-electron chi connectivity index (χ2n) is 5.43. The summed E-state index contributed by atoms with van der Waals surface area (Å²) >= 11 is 1.10. The van der Waals surface area contributed by atoms with Crippen LogP contribution in [0, 0.1) is 17.0 Å². The van der Waals surface area contributed by atoms with Gasteiger partial charge in [-0.2, -0.15) is 0 Å². The van der Waals surface area contributed by atoms with Crippen LogP contribution in [0.25, 0.3) is 0 Å². The molecule has 0 unspecified atom stereocenters. The molecule has 1 heterocycles. The van der Waals surface area contributed by atoms with Crippen LogP contribution in [0.15, 0.2) is 24.4 Å². The lowest BCUT2D eigenvalue weighted by Gasteiger charge is -2.16. The number of aromatic nitrogens is 1. The molecule has 0 spiro atoms. The van der Waals surface area contributed by atoms with Gasteiger partial charge in [0.05, 0.1) is 0 Å². The summed E-state index contributed by atoms with van der Waals surface area (Å²) in [6, 6.07) is 3.31. The maximum absolute atomic E-state index is 13.6. The van der Waals surface area contributed by atoms with Crippen molar-refractivity contribution in [1.29, 1.82) is 0 Å². The second-order valence-corrected chi connectivity index (χ2v) is 6.54. The highest BCUT2D eigenvalue weighted by molar-refractivity contribution is 7.15. The lowest BCUT2D eigenvalue weighted by molar-refractivity contribution is -0.151. The van der Waals surface area contributed by atoms with Crippen molar-refractivity contribution in [2.45, 2.75) is 20.3 Å². The van der Waals surface area contributed by atoms with E-state index in [9.17, 15) is 18.4 Å². The molecule has 0 aliphatic rings. The van der Waals surface area contributed by atoms with Gasteiger partial charge in [0, 0.05) is 23.6 Å². The zero-order chi connectivity index (χ0) is 17.2. The van der Waals surface area contributed by atoms with Crippen LogP contribution in [0.3, 0.4) is 0 Å². The number of rotatable bonds is 5. The molecule has 0 saturated heterocycles. The lowest BCUT2D eigenvalue weighted by atomic mass is 9.93. The summed E-state index contributed by atoms with van der Waals surface area (Å²) in [6.45, 7) is 2.57. The number of carboxylic acid groups (broad SMARTS) is 1.